The van der Waals surface area contributed by atoms with Gasteiger partial charge in [-0.2, -0.15) is 0 Å². The molecule has 28 heavy (non-hydrogen) atoms. The van der Waals surface area contributed by atoms with Crippen molar-refractivity contribution in [1.29, 1.82) is 0 Å². The van der Waals surface area contributed by atoms with E-state index in [2.05, 4.69) is 20.9 Å². The summed E-state index contributed by atoms with van der Waals surface area (Å²) in [5.41, 5.74) is -0.418. The molecule has 4 N–H and O–H groups in total. The van der Waals surface area contributed by atoms with Gasteiger partial charge in [-0.25, -0.2) is 4.99 Å². The van der Waals surface area contributed by atoms with E-state index in [0.29, 0.717) is 30.6 Å². The molecule has 2 heterocycles. The fourth-order valence-corrected chi connectivity index (χ4v) is 2.66. The molecule has 0 aliphatic rings. The number of aliphatic imine (C=N–C) groups is 1. The van der Waals surface area contributed by atoms with Gasteiger partial charge < -0.3 is 29.9 Å². The highest BCUT2D eigenvalue weighted by molar-refractivity contribution is 14.0. The van der Waals surface area contributed by atoms with E-state index in [1.807, 2.05) is 26.8 Å². The van der Waals surface area contributed by atoms with Crippen LogP contribution in [-0.2, 0) is 16.9 Å². The lowest BCUT2D eigenvalue weighted by Crippen LogP contribution is -2.45. The number of carbonyl (C=O) groups is 1. The molecular weight excluding hydrogens is 475 g/mol. The number of hydrogen-bond acceptors (Lipinski definition) is 5. The van der Waals surface area contributed by atoms with Crippen molar-refractivity contribution in [1.82, 2.24) is 16.0 Å². The van der Waals surface area contributed by atoms with Crippen molar-refractivity contribution >= 4 is 35.8 Å². The van der Waals surface area contributed by atoms with Crippen molar-refractivity contribution < 1.29 is 18.7 Å². The lowest BCUT2D eigenvalue weighted by Gasteiger charge is -2.24. The van der Waals surface area contributed by atoms with Gasteiger partial charge in [-0.05, 0) is 45.9 Å². The van der Waals surface area contributed by atoms with Crippen molar-refractivity contribution in [2.45, 2.75) is 39.8 Å². The van der Waals surface area contributed by atoms with Crippen molar-refractivity contribution in [3.63, 3.8) is 0 Å². The largest absolute Gasteiger partial charge is 0.467 e. The molecule has 1 unspecified atom stereocenters. The van der Waals surface area contributed by atoms with E-state index in [1.165, 1.54) is 0 Å². The summed E-state index contributed by atoms with van der Waals surface area (Å²) in [7, 11) is 0. The molecule has 9 heteroatoms. The van der Waals surface area contributed by atoms with Gasteiger partial charge >= 0.3 is 0 Å². The molecular formula is C19H29IN4O4. The van der Waals surface area contributed by atoms with Gasteiger partial charge in [0.05, 0.1) is 19.4 Å². The fraction of sp³-hybridized carbons (Fsp3) is 0.474. The minimum Gasteiger partial charge on any atom is -0.467 e. The predicted molar refractivity (Wildman–Crippen MR) is 118 cm³/mol. The summed E-state index contributed by atoms with van der Waals surface area (Å²) in [4.78, 5) is 16.2. The zero-order valence-corrected chi connectivity index (χ0v) is 19.0. The number of hydrogen-bond donors (Lipinski definition) is 4. The summed E-state index contributed by atoms with van der Waals surface area (Å²) in [6, 6.07) is 5.38. The Kier molecular flexibility index (Phi) is 9.53. The van der Waals surface area contributed by atoms with Gasteiger partial charge in [-0.1, -0.05) is 0 Å². The Morgan fingerprint density at radius 2 is 2.04 bits per heavy atom. The zero-order chi connectivity index (χ0) is 19.9. The molecule has 2 aromatic heterocycles. The normalized spacial score (nSPS) is 13.4. The molecule has 0 radical (unpaired) electrons. The Morgan fingerprint density at radius 1 is 1.29 bits per heavy atom. The quantitative estimate of drug-likeness (QED) is 0.249. The predicted octanol–water partition coefficient (Wildman–Crippen LogP) is 2.19. The van der Waals surface area contributed by atoms with Crippen LogP contribution >= 0.6 is 24.0 Å². The van der Waals surface area contributed by atoms with Crippen LogP contribution in [0.2, 0.25) is 0 Å². The first kappa shape index (κ1) is 24.0. The van der Waals surface area contributed by atoms with E-state index >= 15 is 0 Å². The highest BCUT2D eigenvalue weighted by Gasteiger charge is 2.27. The number of furan rings is 2. The van der Waals surface area contributed by atoms with Crippen LogP contribution in [0.5, 0.6) is 0 Å². The fourth-order valence-electron chi connectivity index (χ4n) is 2.66. The third kappa shape index (κ3) is 7.19. The number of rotatable bonds is 8. The second-order valence-electron chi connectivity index (χ2n) is 6.51. The van der Waals surface area contributed by atoms with Gasteiger partial charge in [0, 0.05) is 12.1 Å². The van der Waals surface area contributed by atoms with Crippen molar-refractivity contribution in [3.05, 3.63) is 47.3 Å². The van der Waals surface area contributed by atoms with Crippen LogP contribution in [0.15, 0.2) is 38.3 Å². The van der Waals surface area contributed by atoms with E-state index in [4.69, 9.17) is 8.83 Å². The Bertz CT molecular complexity index is 769. The lowest BCUT2D eigenvalue weighted by atomic mass is 9.96. The molecule has 2 rings (SSSR count). The molecule has 8 nitrogen and oxygen atoms in total. The number of nitrogens with one attached hydrogen (secondary N) is 3. The Hall–Kier alpha value is -2.01. The first-order chi connectivity index (χ1) is 12.8. The topological polar surface area (TPSA) is 112 Å². The van der Waals surface area contributed by atoms with E-state index in [-0.39, 0.29) is 43.0 Å². The number of nitrogens with zero attached hydrogens (tertiary/aromatic N) is 1. The number of aryl methyl sites for hydroxylation is 2. The highest BCUT2D eigenvalue weighted by atomic mass is 127. The van der Waals surface area contributed by atoms with Crippen LogP contribution in [0, 0.1) is 13.8 Å². The molecule has 0 saturated carbocycles. The Labute approximate surface area is 182 Å². The van der Waals surface area contributed by atoms with E-state index < -0.39 is 5.60 Å². The Morgan fingerprint density at radius 3 is 2.61 bits per heavy atom. The molecule has 2 aromatic rings. The van der Waals surface area contributed by atoms with Crippen LogP contribution < -0.4 is 16.0 Å². The minimum absolute atomic E-state index is 0. The molecule has 0 aromatic carbocycles. The van der Waals surface area contributed by atoms with Gasteiger partial charge in [0.25, 0.3) is 0 Å². The van der Waals surface area contributed by atoms with Crippen molar-refractivity contribution in [3.8, 4) is 0 Å². The zero-order valence-electron chi connectivity index (χ0n) is 16.7. The molecule has 0 bridgehead atoms. The third-order valence-corrected chi connectivity index (χ3v) is 3.99. The number of halogens is 1. The number of amides is 1. The third-order valence-electron chi connectivity index (χ3n) is 3.99. The molecule has 0 saturated heterocycles. The van der Waals surface area contributed by atoms with E-state index in [1.54, 1.807) is 25.3 Å². The van der Waals surface area contributed by atoms with E-state index in [0.717, 1.165) is 11.3 Å². The molecule has 1 amide bonds. The van der Waals surface area contributed by atoms with Crippen molar-refractivity contribution in [2.75, 3.05) is 19.6 Å². The molecule has 0 spiro atoms. The molecule has 1 atom stereocenters. The summed E-state index contributed by atoms with van der Waals surface area (Å²) < 4.78 is 10.7. The summed E-state index contributed by atoms with van der Waals surface area (Å²) in [5, 5.41) is 19.6. The maximum Gasteiger partial charge on any atom is 0.242 e. The van der Waals surface area contributed by atoms with Crippen LogP contribution in [0.3, 0.4) is 0 Å². The first-order valence-corrected chi connectivity index (χ1v) is 8.93. The summed E-state index contributed by atoms with van der Waals surface area (Å²) in [6.45, 7) is 8.42. The number of aliphatic hydroxyl groups is 1. The SMILES string of the molecule is CCNC(=NCC(=O)NCc1ccco1)NCC(C)(O)c1cc(C)oc1C.I. The van der Waals surface area contributed by atoms with Gasteiger partial charge in [0.15, 0.2) is 5.96 Å². The van der Waals surface area contributed by atoms with Crippen LogP contribution in [0.1, 0.15) is 36.7 Å². The second kappa shape index (κ2) is 11.1. The Balaban J connectivity index is 0.00000392. The summed E-state index contributed by atoms with van der Waals surface area (Å²) in [6.07, 6.45) is 1.56. The monoisotopic (exact) mass is 504 g/mol. The van der Waals surface area contributed by atoms with Crippen LogP contribution in [0.25, 0.3) is 0 Å². The molecule has 0 aliphatic heterocycles. The standard InChI is InChI=1S/C19H28N4O4.HI/c1-5-20-18(22-11-17(24)21-10-15-7-6-8-26-15)23-12-19(4,25)16-9-13(2)27-14(16)3;/h6-9,25H,5,10-12H2,1-4H3,(H,21,24)(H2,20,22,23);1H. The second-order valence-corrected chi connectivity index (χ2v) is 6.51. The van der Waals surface area contributed by atoms with E-state index in [9.17, 15) is 9.90 Å². The molecule has 156 valence electrons. The maximum absolute atomic E-state index is 11.9. The lowest BCUT2D eigenvalue weighted by molar-refractivity contribution is -0.119. The van der Waals surface area contributed by atoms with Gasteiger partial charge in [0.2, 0.25) is 5.91 Å². The molecule has 0 fully saturated rings. The van der Waals surface area contributed by atoms with Gasteiger partial charge in [-0.15, -0.1) is 24.0 Å². The van der Waals surface area contributed by atoms with Crippen LogP contribution in [-0.4, -0.2) is 36.6 Å². The first-order valence-electron chi connectivity index (χ1n) is 8.93. The molecule has 0 aliphatic carbocycles. The summed E-state index contributed by atoms with van der Waals surface area (Å²) >= 11 is 0. The van der Waals surface area contributed by atoms with Gasteiger partial charge in [-0.3, -0.25) is 4.79 Å². The summed E-state index contributed by atoms with van der Waals surface area (Å²) in [5.74, 6) is 2.33. The maximum atomic E-state index is 11.9. The number of carbonyl (C=O) groups excluding carboxylic acids is 1. The van der Waals surface area contributed by atoms with Crippen LogP contribution in [0.4, 0.5) is 0 Å². The highest BCUT2D eigenvalue weighted by Crippen LogP contribution is 2.26. The van der Waals surface area contributed by atoms with Gasteiger partial charge in [0.1, 0.15) is 29.4 Å². The number of guanidine groups is 1. The van der Waals surface area contributed by atoms with Crippen molar-refractivity contribution in [2.24, 2.45) is 4.99 Å². The minimum atomic E-state index is -1.14. The average Bonchev–Trinajstić information content (AvgIpc) is 3.25. The average molecular weight is 504 g/mol. The smallest absolute Gasteiger partial charge is 0.242 e.